The van der Waals surface area contributed by atoms with Gasteiger partial charge in [0.1, 0.15) is 5.82 Å². The van der Waals surface area contributed by atoms with E-state index in [4.69, 9.17) is 9.73 Å². The Morgan fingerprint density at radius 1 is 1.44 bits per heavy atom. The zero-order valence-electron chi connectivity index (χ0n) is 16.3. The average Bonchev–Trinajstić information content (AvgIpc) is 3.30. The van der Waals surface area contributed by atoms with Gasteiger partial charge >= 0.3 is 0 Å². The standard InChI is InChI=1S/C20H28FN5O/c1-4-22-20(23-10-15-5-6-19(21)17(9-15)14-27-3)26-8-7-16(13-26)18-11-24-25(2)12-18/h5-6,9,11-12,16H,4,7-8,10,13-14H2,1-3H3,(H,22,23). The van der Waals surface area contributed by atoms with Crippen LogP contribution < -0.4 is 5.32 Å². The van der Waals surface area contributed by atoms with Crippen LogP contribution in [0, 0.1) is 5.82 Å². The van der Waals surface area contributed by atoms with E-state index in [-0.39, 0.29) is 12.4 Å². The number of nitrogens with zero attached hydrogens (tertiary/aromatic N) is 4. The van der Waals surface area contributed by atoms with Crippen LogP contribution in [0.1, 0.15) is 36.0 Å². The molecule has 1 aromatic carbocycles. The molecule has 2 aromatic rings. The Hall–Kier alpha value is -2.41. The average molecular weight is 373 g/mol. The van der Waals surface area contributed by atoms with Crippen LogP contribution in [-0.4, -0.2) is 47.4 Å². The molecule has 0 aliphatic carbocycles. The van der Waals surface area contributed by atoms with Crippen LogP contribution in [0.25, 0.3) is 0 Å². The van der Waals surface area contributed by atoms with Gasteiger partial charge in [-0.25, -0.2) is 9.38 Å². The minimum atomic E-state index is -0.240. The lowest BCUT2D eigenvalue weighted by Gasteiger charge is -2.21. The number of aryl methyl sites for hydroxylation is 1. The Morgan fingerprint density at radius 3 is 3.00 bits per heavy atom. The highest BCUT2D eigenvalue weighted by Crippen LogP contribution is 2.26. The van der Waals surface area contributed by atoms with E-state index in [0.29, 0.717) is 18.0 Å². The fraction of sp³-hybridized carbons (Fsp3) is 0.500. The van der Waals surface area contributed by atoms with Gasteiger partial charge in [0.2, 0.25) is 0 Å². The monoisotopic (exact) mass is 373 g/mol. The number of ether oxygens (including phenoxy) is 1. The van der Waals surface area contributed by atoms with Crippen molar-refractivity contribution in [3.8, 4) is 0 Å². The number of hydrogen-bond donors (Lipinski definition) is 1. The molecule has 1 atom stereocenters. The predicted octanol–water partition coefficient (Wildman–Crippen LogP) is 2.66. The van der Waals surface area contributed by atoms with Crippen molar-refractivity contribution >= 4 is 5.96 Å². The van der Waals surface area contributed by atoms with Crippen LogP contribution in [0.3, 0.4) is 0 Å². The topological polar surface area (TPSA) is 54.7 Å². The minimum Gasteiger partial charge on any atom is -0.380 e. The molecule has 7 heteroatoms. The summed E-state index contributed by atoms with van der Waals surface area (Å²) in [6.45, 7) is 5.54. The molecule has 27 heavy (non-hydrogen) atoms. The highest BCUT2D eigenvalue weighted by atomic mass is 19.1. The number of likely N-dealkylation sites (tertiary alicyclic amines) is 1. The highest BCUT2D eigenvalue weighted by Gasteiger charge is 2.26. The molecule has 1 aliphatic rings. The van der Waals surface area contributed by atoms with Gasteiger partial charge in [-0.05, 0) is 36.6 Å². The molecular formula is C20H28FN5O. The summed E-state index contributed by atoms with van der Waals surface area (Å²) < 4.78 is 20.7. The molecule has 0 saturated carbocycles. The second-order valence-corrected chi connectivity index (χ2v) is 6.91. The van der Waals surface area contributed by atoms with E-state index in [9.17, 15) is 4.39 Å². The van der Waals surface area contributed by atoms with Gasteiger partial charge < -0.3 is 15.0 Å². The molecule has 0 bridgehead atoms. The van der Waals surface area contributed by atoms with Crippen LogP contribution in [0.2, 0.25) is 0 Å². The summed E-state index contributed by atoms with van der Waals surface area (Å²) in [5, 5.41) is 7.66. The molecule has 1 aromatic heterocycles. The third-order valence-electron chi connectivity index (χ3n) is 4.84. The molecule has 2 heterocycles. The Labute approximate surface area is 160 Å². The maximum atomic E-state index is 13.8. The molecule has 1 N–H and O–H groups in total. The summed E-state index contributed by atoms with van der Waals surface area (Å²) in [7, 11) is 3.52. The normalized spacial score (nSPS) is 17.6. The lowest BCUT2D eigenvalue weighted by atomic mass is 10.0. The first-order valence-electron chi connectivity index (χ1n) is 9.38. The molecule has 0 amide bonds. The van der Waals surface area contributed by atoms with E-state index < -0.39 is 0 Å². The SMILES string of the molecule is CCNC(=NCc1ccc(F)c(COC)c1)N1CCC(c2cnn(C)c2)C1. The molecule has 146 valence electrons. The fourth-order valence-electron chi connectivity index (χ4n) is 3.46. The summed E-state index contributed by atoms with van der Waals surface area (Å²) >= 11 is 0. The highest BCUT2D eigenvalue weighted by molar-refractivity contribution is 5.80. The maximum Gasteiger partial charge on any atom is 0.194 e. The first kappa shape index (κ1) is 19.4. The van der Waals surface area contributed by atoms with Gasteiger partial charge in [0, 0.05) is 51.5 Å². The number of aliphatic imine (C=N–C) groups is 1. The van der Waals surface area contributed by atoms with Crippen molar-refractivity contribution in [2.45, 2.75) is 32.4 Å². The molecule has 3 rings (SSSR count). The smallest absolute Gasteiger partial charge is 0.194 e. The molecular weight excluding hydrogens is 345 g/mol. The van der Waals surface area contributed by atoms with Gasteiger partial charge in [0.25, 0.3) is 0 Å². The van der Waals surface area contributed by atoms with Gasteiger partial charge in [-0.1, -0.05) is 6.07 Å². The predicted molar refractivity (Wildman–Crippen MR) is 104 cm³/mol. The first-order chi connectivity index (χ1) is 13.1. The van der Waals surface area contributed by atoms with E-state index >= 15 is 0 Å². The molecule has 0 radical (unpaired) electrons. The third kappa shape index (κ3) is 4.86. The zero-order chi connectivity index (χ0) is 19.2. The van der Waals surface area contributed by atoms with E-state index in [1.807, 2.05) is 24.0 Å². The van der Waals surface area contributed by atoms with Crippen LogP contribution in [0.4, 0.5) is 4.39 Å². The zero-order valence-corrected chi connectivity index (χ0v) is 16.3. The Morgan fingerprint density at radius 2 is 2.30 bits per heavy atom. The number of guanidine groups is 1. The summed E-state index contributed by atoms with van der Waals surface area (Å²) in [5.41, 5.74) is 2.81. The van der Waals surface area contributed by atoms with Gasteiger partial charge in [-0.15, -0.1) is 0 Å². The van der Waals surface area contributed by atoms with Crippen molar-refractivity contribution in [3.63, 3.8) is 0 Å². The Bertz CT molecular complexity index is 788. The molecule has 1 fully saturated rings. The number of halogens is 1. The van der Waals surface area contributed by atoms with Gasteiger partial charge in [0.05, 0.1) is 19.3 Å². The fourth-order valence-corrected chi connectivity index (χ4v) is 3.46. The Balaban J connectivity index is 1.69. The summed E-state index contributed by atoms with van der Waals surface area (Å²) in [4.78, 5) is 7.07. The lowest BCUT2D eigenvalue weighted by molar-refractivity contribution is 0.181. The van der Waals surface area contributed by atoms with E-state index in [0.717, 1.165) is 37.6 Å². The van der Waals surface area contributed by atoms with Crippen LogP contribution in [-0.2, 0) is 24.9 Å². The van der Waals surface area contributed by atoms with Crippen molar-refractivity contribution in [2.24, 2.45) is 12.0 Å². The number of benzene rings is 1. The lowest BCUT2D eigenvalue weighted by Crippen LogP contribution is -2.40. The van der Waals surface area contributed by atoms with Gasteiger partial charge in [-0.3, -0.25) is 4.68 Å². The largest absolute Gasteiger partial charge is 0.380 e. The van der Waals surface area contributed by atoms with Crippen LogP contribution >= 0.6 is 0 Å². The molecule has 0 spiro atoms. The van der Waals surface area contributed by atoms with E-state index in [1.54, 1.807) is 13.2 Å². The minimum absolute atomic E-state index is 0.240. The van der Waals surface area contributed by atoms with Gasteiger partial charge in [0.15, 0.2) is 5.96 Å². The molecule has 1 unspecified atom stereocenters. The van der Waals surface area contributed by atoms with Crippen LogP contribution in [0.15, 0.2) is 35.6 Å². The number of rotatable bonds is 6. The van der Waals surface area contributed by atoms with Crippen molar-refractivity contribution in [3.05, 3.63) is 53.1 Å². The van der Waals surface area contributed by atoms with Crippen molar-refractivity contribution in [1.82, 2.24) is 20.0 Å². The van der Waals surface area contributed by atoms with Crippen LogP contribution in [0.5, 0.6) is 0 Å². The summed E-state index contributed by atoms with van der Waals surface area (Å²) in [5.74, 6) is 1.14. The van der Waals surface area contributed by atoms with Gasteiger partial charge in [-0.2, -0.15) is 5.10 Å². The molecule has 1 saturated heterocycles. The van der Waals surface area contributed by atoms with E-state index in [2.05, 4.69) is 28.4 Å². The number of nitrogens with one attached hydrogen (secondary N) is 1. The Kier molecular flexibility index (Phi) is 6.45. The second-order valence-electron chi connectivity index (χ2n) is 6.91. The summed E-state index contributed by atoms with van der Waals surface area (Å²) in [6, 6.07) is 5.10. The molecule has 6 nitrogen and oxygen atoms in total. The third-order valence-corrected chi connectivity index (χ3v) is 4.84. The first-order valence-corrected chi connectivity index (χ1v) is 9.38. The summed E-state index contributed by atoms with van der Waals surface area (Å²) in [6.07, 6.45) is 5.13. The van der Waals surface area contributed by atoms with Crippen molar-refractivity contribution in [1.29, 1.82) is 0 Å². The van der Waals surface area contributed by atoms with Crippen molar-refractivity contribution in [2.75, 3.05) is 26.7 Å². The van der Waals surface area contributed by atoms with Crippen molar-refractivity contribution < 1.29 is 9.13 Å². The maximum absolute atomic E-state index is 13.8. The molecule has 1 aliphatic heterocycles. The second kappa shape index (κ2) is 8.99. The van der Waals surface area contributed by atoms with E-state index in [1.165, 1.54) is 11.6 Å². The quantitative estimate of drug-likeness (QED) is 0.625. The number of hydrogen-bond acceptors (Lipinski definition) is 3. The number of aromatic nitrogens is 2. The number of methoxy groups -OCH3 is 1.